The zero-order valence-corrected chi connectivity index (χ0v) is 11.8. The molecule has 0 aliphatic heterocycles. The predicted molar refractivity (Wildman–Crippen MR) is 78.0 cm³/mol. The van der Waals surface area contributed by atoms with Crippen LogP contribution in [0.4, 0.5) is 0 Å². The van der Waals surface area contributed by atoms with E-state index in [1.807, 2.05) is 30.1 Å². The molecule has 1 N–H and O–H groups in total. The van der Waals surface area contributed by atoms with Gasteiger partial charge in [-0.15, -0.1) is 23.1 Å². The molecule has 0 bridgehead atoms. The predicted octanol–water partition coefficient (Wildman–Crippen LogP) is 4.11. The SMILES string of the molecule is CNC(CSc1ccccc1)c1sccc1C. The van der Waals surface area contributed by atoms with Crippen LogP contribution in [0, 0.1) is 6.92 Å². The molecule has 17 heavy (non-hydrogen) atoms. The molecule has 0 spiro atoms. The van der Waals surface area contributed by atoms with Crippen molar-refractivity contribution in [2.24, 2.45) is 0 Å². The molecule has 0 saturated heterocycles. The maximum absolute atomic E-state index is 3.41. The standard InChI is InChI=1S/C14H17NS2/c1-11-8-9-16-14(11)13(15-2)10-17-12-6-4-3-5-7-12/h3-9,13,15H,10H2,1-2H3. The van der Waals surface area contributed by atoms with Crippen LogP contribution < -0.4 is 5.32 Å². The van der Waals surface area contributed by atoms with Crippen LogP contribution >= 0.6 is 23.1 Å². The maximum atomic E-state index is 3.41. The van der Waals surface area contributed by atoms with Gasteiger partial charge in [-0.3, -0.25) is 0 Å². The minimum Gasteiger partial charge on any atom is -0.312 e. The molecule has 2 rings (SSSR count). The third-order valence-corrected chi connectivity index (χ3v) is 4.96. The van der Waals surface area contributed by atoms with Gasteiger partial charge in [-0.25, -0.2) is 0 Å². The largest absolute Gasteiger partial charge is 0.312 e. The van der Waals surface area contributed by atoms with Crippen molar-refractivity contribution in [2.75, 3.05) is 12.8 Å². The zero-order chi connectivity index (χ0) is 12.1. The van der Waals surface area contributed by atoms with Gasteiger partial charge in [0.25, 0.3) is 0 Å². The van der Waals surface area contributed by atoms with Gasteiger partial charge in [0.05, 0.1) is 6.04 Å². The first-order valence-electron chi connectivity index (χ1n) is 5.70. The Hall–Kier alpha value is -0.770. The molecular weight excluding hydrogens is 246 g/mol. The van der Waals surface area contributed by atoms with Gasteiger partial charge in [-0.05, 0) is 43.1 Å². The maximum Gasteiger partial charge on any atom is 0.0510 e. The van der Waals surface area contributed by atoms with E-state index in [0.29, 0.717) is 6.04 Å². The van der Waals surface area contributed by atoms with E-state index in [9.17, 15) is 0 Å². The summed E-state index contributed by atoms with van der Waals surface area (Å²) in [6.45, 7) is 2.18. The fourth-order valence-electron chi connectivity index (χ4n) is 1.73. The summed E-state index contributed by atoms with van der Waals surface area (Å²) in [5, 5.41) is 5.57. The van der Waals surface area contributed by atoms with Gasteiger partial charge in [0.1, 0.15) is 0 Å². The van der Waals surface area contributed by atoms with Crippen molar-refractivity contribution in [3.8, 4) is 0 Å². The Bertz CT molecular complexity index is 450. The first-order valence-corrected chi connectivity index (χ1v) is 7.57. The minimum absolute atomic E-state index is 0.445. The van der Waals surface area contributed by atoms with E-state index in [4.69, 9.17) is 0 Å². The Kier molecular flexibility index (Phi) is 4.66. The second-order valence-electron chi connectivity index (χ2n) is 3.93. The van der Waals surface area contributed by atoms with E-state index >= 15 is 0 Å². The van der Waals surface area contributed by atoms with Crippen LogP contribution in [-0.4, -0.2) is 12.8 Å². The van der Waals surface area contributed by atoms with Gasteiger partial charge in [-0.2, -0.15) is 0 Å². The highest BCUT2D eigenvalue weighted by atomic mass is 32.2. The van der Waals surface area contributed by atoms with Crippen LogP contribution in [0.3, 0.4) is 0 Å². The lowest BCUT2D eigenvalue weighted by molar-refractivity contribution is 0.670. The highest BCUT2D eigenvalue weighted by Gasteiger charge is 2.13. The summed E-state index contributed by atoms with van der Waals surface area (Å²) >= 11 is 3.75. The normalized spacial score (nSPS) is 12.6. The lowest BCUT2D eigenvalue weighted by Crippen LogP contribution is -2.18. The van der Waals surface area contributed by atoms with Gasteiger partial charge in [0.2, 0.25) is 0 Å². The zero-order valence-electron chi connectivity index (χ0n) is 10.1. The van der Waals surface area contributed by atoms with E-state index in [2.05, 4.69) is 54.0 Å². The number of benzene rings is 1. The highest BCUT2D eigenvalue weighted by Crippen LogP contribution is 2.29. The fourth-order valence-corrected chi connectivity index (χ4v) is 3.91. The number of thiophene rings is 1. The average molecular weight is 263 g/mol. The molecule has 0 aliphatic carbocycles. The molecule has 1 aromatic carbocycles. The van der Waals surface area contributed by atoms with Crippen LogP contribution in [0.1, 0.15) is 16.5 Å². The van der Waals surface area contributed by atoms with Gasteiger partial charge < -0.3 is 5.32 Å². The summed E-state index contributed by atoms with van der Waals surface area (Å²) < 4.78 is 0. The van der Waals surface area contributed by atoms with Crippen molar-refractivity contribution in [3.63, 3.8) is 0 Å². The van der Waals surface area contributed by atoms with Crippen LogP contribution in [0.15, 0.2) is 46.7 Å². The molecule has 0 saturated carbocycles. The van der Waals surface area contributed by atoms with E-state index in [0.717, 1.165) is 5.75 Å². The van der Waals surface area contributed by atoms with Crippen molar-refractivity contribution in [2.45, 2.75) is 17.9 Å². The number of thioether (sulfide) groups is 1. The Morgan fingerprint density at radius 1 is 1.24 bits per heavy atom. The molecule has 0 radical (unpaired) electrons. The number of hydrogen-bond donors (Lipinski definition) is 1. The molecule has 0 aliphatic rings. The molecule has 1 aromatic heterocycles. The molecule has 2 aromatic rings. The van der Waals surface area contributed by atoms with Crippen molar-refractivity contribution in [3.05, 3.63) is 52.2 Å². The van der Waals surface area contributed by atoms with Crippen LogP contribution in [0.5, 0.6) is 0 Å². The molecule has 0 fully saturated rings. The van der Waals surface area contributed by atoms with Crippen LogP contribution in [0.25, 0.3) is 0 Å². The second kappa shape index (κ2) is 6.24. The van der Waals surface area contributed by atoms with Gasteiger partial charge >= 0.3 is 0 Å². The average Bonchev–Trinajstić information content (AvgIpc) is 2.78. The Morgan fingerprint density at radius 3 is 2.59 bits per heavy atom. The molecule has 0 amide bonds. The summed E-state index contributed by atoms with van der Waals surface area (Å²) in [7, 11) is 2.04. The van der Waals surface area contributed by atoms with Gasteiger partial charge in [-0.1, -0.05) is 18.2 Å². The summed E-state index contributed by atoms with van der Waals surface area (Å²) in [4.78, 5) is 2.79. The number of rotatable bonds is 5. The van der Waals surface area contributed by atoms with Crippen LogP contribution in [-0.2, 0) is 0 Å². The van der Waals surface area contributed by atoms with Gasteiger partial charge in [0, 0.05) is 15.5 Å². The first-order chi connectivity index (χ1) is 8.31. The van der Waals surface area contributed by atoms with Crippen molar-refractivity contribution in [1.82, 2.24) is 5.32 Å². The quantitative estimate of drug-likeness (QED) is 0.815. The summed E-state index contributed by atoms with van der Waals surface area (Å²) in [6, 6.07) is 13.2. The number of hydrogen-bond acceptors (Lipinski definition) is 3. The topological polar surface area (TPSA) is 12.0 Å². The van der Waals surface area contributed by atoms with Crippen LogP contribution in [0.2, 0.25) is 0 Å². The fraction of sp³-hybridized carbons (Fsp3) is 0.286. The second-order valence-corrected chi connectivity index (χ2v) is 5.97. The molecular formula is C14H17NS2. The van der Waals surface area contributed by atoms with E-state index in [1.54, 1.807) is 0 Å². The third-order valence-electron chi connectivity index (χ3n) is 2.73. The summed E-state index contributed by atoms with van der Waals surface area (Å²) in [5.74, 6) is 1.07. The Morgan fingerprint density at radius 2 is 2.00 bits per heavy atom. The van der Waals surface area contributed by atoms with E-state index < -0.39 is 0 Å². The van der Waals surface area contributed by atoms with E-state index in [1.165, 1.54) is 15.3 Å². The lowest BCUT2D eigenvalue weighted by atomic mass is 10.2. The van der Waals surface area contributed by atoms with Crippen molar-refractivity contribution >= 4 is 23.1 Å². The smallest absolute Gasteiger partial charge is 0.0510 e. The molecule has 1 heterocycles. The molecule has 90 valence electrons. The van der Waals surface area contributed by atoms with Gasteiger partial charge in [0.15, 0.2) is 0 Å². The molecule has 1 unspecified atom stereocenters. The summed E-state index contributed by atoms with van der Waals surface area (Å²) in [5.41, 5.74) is 1.39. The molecule has 1 nitrogen and oxygen atoms in total. The summed E-state index contributed by atoms with van der Waals surface area (Å²) in [6.07, 6.45) is 0. The number of nitrogens with one attached hydrogen (secondary N) is 1. The molecule has 3 heteroatoms. The minimum atomic E-state index is 0.445. The first kappa shape index (κ1) is 12.7. The van der Waals surface area contributed by atoms with E-state index in [-0.39, 0.29) is 0 Å². The highest BCUT2D eigenvalue weighted by molar-refractivity contribution is 7.99. The Balaban J connectivity index is 2.00. The third kappa shape index (κ3) is 3.35. The monoisotopic (exact) mass is 263 g/mol. The lowest BCUT2D eigenvalue weighted by Gasteiger charge is -2.15. The Labute approximate surface area is 111 Å². The number of aryl methyl sites for hydroxylation is 1. The van der Waals surface area contributed by atoms with Crippen molar-refractivity contribution < 1.29 is 0 Å². The van der Waals surface area contributed by atoms with Crippen molar-refractivity contribution in [1.29, 1.82) is 0 Å². The molecule has 1 atom stereocenters.